The molecule has 0 amide bonds. The molecular weight excluding hydrogens is 258 g/mol. The number of pyridine rings is 1. The minimum atomic E-state index is -0.826. The molecule has 0 saturated carbocycles. The van der Waals surface area contributed by atoms with Gasteiger partial charge in [0.25, 0.3) is 0 Å². The second-order valence-corrected chi connectivity index (χ2v) is 3.51. The molecular formula is C10H11N3O6. The number of anilines is 1. The van der Waals surface area contributed by atoms with Crippen molar-refractivity contribution in [1.29, 1.82) is 0 Å². The molecule has 2 rings (SSSR count). The van der Waals surface area contributed by atoms with Crippen LogP contribution in [0.5, 0.6) is 11.5 Å². The Bertz CT molecular complexity index is 545. The first kappa shape index (κ1) is 12.9. The second-order valence-electron chi connectivity index (χ2n) is 3.51. The van der Waals surface area contributed by atoms with Crippen molar-refractivity contribution in [2.24, 2.45) is 0 Å². The van der Waals surface area contributed by atoms with Gasteiger partial charge in [0.2, 0.25) is 5.75 Å². The lowest BCUT2D eigenvalue weighted by Crippen LogP contribution is -2.21. The number of fused-ring (bicyclic) bond motifs is 1. The number of ether oxygens (including phenoxy) is 3. The molecule has 19 heavy (non-hydrogen) atoms. The molecule has 9 heteroatoms. The number of hydrogen-bond donors (Lipinski definition) is 1. The molecule has 0 unspecified atom stereocenters. The highest BCUT2D eigenvalue weighted by Gasteiger charge is 2.35. The summed E-state index contributed by atoms with van der Waals surface area (Å²) in [6.07, 6.45) is 0. The van der Waals surface area contributed by atoms with Gasteiger partial charge in [-0.3, -0.25) is 0 Å². The van der Waals surface area contributed by atoms with Crippen molar-refractivity contribution in [2.45, 2.75) is 0 Å². The van der Waals surface area contributed by atoms with E-state index in [1.807, 2.05) is 0 Å². The maximum absolute atomic E-state index is 11.6. The number of nitrogens with one attached hydrogen (secondary N) is 1. The maximum atomic E-state index is 11.6. The Labute approximate surface area is 107 Å². The second kappa shape index (κ2) is 4.96. The third-order valence-corrected chi connectivity index (χ3v) is 2.47. The van der Waals surface area contributed by atoms with E-state index in [0.29, 0.717) is 0 Å². The quantitative estimate of drug-likeness (QED) is 0.482. The summed E-state index contributed by atoms with van der Waals surface area (Å²) in [5, 5.41) is 13.6. The standard InChI is InChI=1S/C10H11N3O6/c1-11-5-7-8(19-4-3-18-7)6(10(14)17-2)12-9(5)13(15)16/h11H,3-4H2,1-2H3. The van der Waals surface area contributed by atoms with Gasteiger partial charge in [-0.1, -0.05) is 0 Å². The smallest absolute Gasteiger partial charge is 0.392 e. The fraction of sp³-hybridized carbons (Fsp3) is 0.400. The third-order valence-electron chi connectivity index (χ3n) is 2.47. The summed E-state index contributed by atoms with van der Waals surface area (Å²) in [7, 11) is 2.64. The highest BCUT2D eigenvalue weighted by molar-refractivity contribution is 5.94. The predicted molar refractivity (Wildman–Crippen MR) is 62.8 cm³/mol. The zero-order chi connectivity index (χ0) is 14.0. The molecule has 0 radical (unpaired) electrons. The zero-order valence-electron chi connectivity index (χ0n) is 10.3. The van der Waals surface area contributed by atoms with Crippen LogP contribution in [0.3, 0.4) is 0 Å². The number of aromatic nitrogens is 1. The van der Waals surface area contributed by atoms with Gasteiger partial charge in [0, 0.05) is 7.05 Å². The average molecular weight is 269 g/mol. The Morgan fingerprint density at radius 2 is 2.05 bits per heavy atom. The van der Waals surface area contributed by atoms with Crippen molar-refractivity contribution in [3.8, 4) is 11.5 Å². The van der Waals surface area contributed by atoms with Gasteiger partial charge in [0.15, 0.2) is 11.4 Å². The first-order valence-electron chi connectivity index (χ1n) is 5.34. The summed E-state index contributed by atoms with van der Waals surface area (Å²) >= 11 is 0. The zero-order valence-corrected chi connectivity index (χ0v) is 10.3. The van der Waals surface area contributed by atoms with Gasteiger partial charge >= 0.3 is 17.5 Å². The fourth-order valence-electron chi connectivity index (χ4n) is 1.69. The molecule has 9 nitrogen and oxygen atoms in total. The first-order valence-corrected chi connectivity index (χ1v) is 5.34. The van der Waals surface area contributed by atoms with Crippen LogP contribution in [-0.4, -0.2) is 43.2 Å². The SMILES string of the molecule is CNc1c([N+](=O)[O-])nc(C(=O)OC)c2c1OCCO2. The van der Waals surface area contributed by atoms with E-state index in [9.17, 15) is 14.9 Å². The van der Waals surface area contributed by atoms with E-state index in [2.05, 4.69) is 15.0 Å². The Morgan fingerprint density at radius 3 is 2.58 bits per heavy atom. The Morgan fingerprint density at radius 1 is 1.42 bits per heavy atom. The van der Waals surface area contributed by atoms with Crippen molar-refractivity contribution in [3.63, 3.8) is 0 Å². The average Bonchev–Trinajstić information content (AvgIpc) is 2.44. The molecule has 1 aromatic rings. The van der Waals surface area contributed by atoms with Crippen LogP contribution >= 0.6 is 0 Å². The molecule has 1 aliphatic heterocycles. The molecule has 1 aromatic heterocycles. The number of nitrogens with zero attached hydrogens (tertiary/aromatic N) is 2. The van der Waals surface area contributed by atoms with Gasteiger partial charge in [0.05, 0.1) is 7.11 Å². The molecule has 0 bridgehead atoms. The normalized spacial score (nSPS) is 12.7. The topological polar surface area (TPSA) is 113 Å². The van der Waals surface area contributed by atoms with Gasteiger partial charge in [-0.15, -0.1) is 0 Å². The van der Waals surface area contributed by atoms with Crippen LogP contribution in [0.25, 0.3) is 0 Å². The molecule has 0 aromatic carbocycles. The monoisotopic (exact) mass is 269 g/mol. The van der Waals surface area contributed by atoms with Crippen molar-refractivity contribution >= 4 is 17.5 Å². The molecule has 1 aliphatic rings. The molecule has 0 atom stereocenters. The van der Waals surface area contributed by atoms with E-state index < -0.39 is 16.7 Å². The molecule has 102 valence electrons. The van der Waals surface area contributed by atoms with Crippen LogP contribution in [0.2, 0.25) is 0 Å². The van der Waals surface area contributed by atoms with E-state index in [4.69, 9.17) is 9.47 Å². The Hall–Kier alpha value is -2.58. The van der Waals surface area contributed by atoms with Crippen LogP contribution in [0.4, 0.5) is 11.5 Å². The molecule has 0 saturated heterocycles. The van der Waals surface area contributed by atoms with Gasteiger partial charge in [-0.25, -0.2) is 4.79 Å². The van der Waals surface area contributed by atoms with Gasteiger partial charge in [-0.05, 0) is 9.91 Å². The lowest BCUT2D eigenvalue weighted by molar-refractivity contribution is -0.388. The molecule has 2 heterocycles. The fourth-order valence-corrected chi connectivity index (χ4v) is 1.69. The summed E-state index contributed by atoms with van der Waals surface area (Å²) in [6.45, 7) is 0.448. The lowest BCUT2D eigenvalue weighted by Gasteiger charge is -2.20. The lowest BCUT2D eigenvalue weighted by atomic mass is 10.2. The van der Waals surface area contributed by atoms with E-state index in [1.165, 1.54) is 7.05 Å². The van der Waals surface area contributed by atoms with Crippen LogP contribution < -0.4 is 14.8 Å². The summed E-state index contributed by atoms with van der Waals surface area (Å²) < 4.78 is 15.2. The van der Waals surface area contributed by atoms with E-state index in [0.717, 1.165) is 7.11 Å². The van der Waals surface area contributed by atoms with Crippen LogP contribution in [0.1, 0.15) is 10.5 Å². The summed E-state index contributed by atoms with van der Waals surface area (Å²) in [6, 6.07) is 0. The predicted octanol–water partition coefficient (Wildman–Crippen LogP) is 0.589. The minimum Gasteiger partial charge on any atom is -0.484 e. The minimum absolute atomic E-state index is 0.0491. The number of carbonyl (C=O) groups excluding carboxylic acids is 1. The van der Waals surface area contributed by atoms with E-state index >= 15 is 0 Å². The summed E-state index contributed by atoms with van der Waals surface area (Å²) in [5.41, 5.74) is -0.213. The number of esters is 1. The Balaban J connectivity index is 2.72. The van der Waals surface area contributed by atoms with Crippen molar-refractivity contribution in [2.75, 3.05) is 32.7 Å². The van der Waals surface area contributed by atoms with Gasteiger partial charge in [-0.2, -0.15) is 0 Å². The Kier molecular flexibility index (Phi) is 3.36. The summed E-state index contributed by atoms with van der Waals surface area (Å²) in [4.78, 5) is 25.6. The molecule has 1 N–H and O–H groups in total. The van der Waals surface area contributed by atoms with E-state index in [-0.39, 0.29) is 36.1 Å². The van der Waals surface area contributed by atoms with Crippen molar-refractivity contribution in [3.05, 3.63) is 15.8 Å². The first-order chi connectivity index (χ1) is 9.10. The van der Waals surface area contributed by atoms with Crippen molar-refractivity contribution < 1.29 is 23.9 Å². The highest BCUT2D eigenvalue weighted by Crippen LogP contribution is 2.44. The highest BCUT2D eigenvalue weighted by atomic mass is 16.6. The van der Waals surface area contributed by atoms with Crippen molar-refractivity contribution in [1.82, 2.24) is 4.98 Å². The molecule has 0 spiro atoms. The van der Waals surface area contributed by atoms with Crippen LogP contribution in [0, 0.1) is 10.1 Å². The number of rotatable bonds is 3. The van der Waals surface area contributed by atoms with E-state index in [1.54, 1.807) is 0 Å². The number of hydrogen-bond acceptors (Lipinski definition) is 8. The van der Waals surface area contributed by atoms with Crippen LogP contribution in [-0.2, 0) is 4.74 Å². The van der Waals surface area contributed by atoms with Crippen LogP contribution in [0.15, 0.2) is 0 Å². The number of carbonyl (C=O) groups is 1. The maximum Gasteiger partial charge on any atom is 0.392 e. The third kappa shape index (κ3) is 2.09. The molecule has 0 aliphatic carbocycles. The van der Waals surface area contributed by atoms with Gasteiger partial charge in [0.1, 0.15) is 13.2 Å². The number of nitro groups is 1. The molecule has 0 fully saturated rings. The number of methoxy groups -OCH3 is 1. The summed E-state index contributed by atoms with van der Waals surface area (Å²) in [5.74, 6) is -1.21. The largest absolute Gasteiger partial charge is 0.484 e. The van der Waals surface area contributed by atoms with Gasteiger partial charge < -0.3 is 29.6 Å².